The number of quaternary nitrogens is 1. The van der Waals surface area contributed by atoms with E-state index < -0.39 is 18.1 Å². The van der Waals surface area contributed by atoms with Crippen LogP contribution in [0.15, 0.2) is 24.3 Å². The summed E-state index contributed by atoms with van der Waals surface area (Å²) in [5, 5.41) is 9.68. The number of nitrogens with zero attached hydrogens (tertiary/aromatic N) is 1. The average molecular weight is 976 g/mol. The molecule has 0 saturated carbocycles. The van der Waals surface area contributed by atoms with Gasteiger partial charge in [0.1, 0.15) is 6.61 Å². The Bertz CT molecular complexity index is 1180. The highest BCUT2D eigenvalue weighted by atomic mass is 16.6. The molecule has 0 spiro atoms. The van der Waals surface area contributed by atoms with Crippen LogP contribution in [0.5, 0.6) is 0 Å². The van der Waals surface area contributed by atoms with Crippen molar-refractivity contribution in [1.29, 1.82) is 0 Å². The highest BCUT2D eigenvalue weighted by Gasteiger charge is 2.31. The third kappa shape index (κ3) is 50.5. The van der Waals surface area contributed by atoms with Gasteiger partial charge in [-0.2, -0.15) is 0 Å². The van der Waals surface area contributed by atoms with Gasteiger partial charge in [0, 0.05) is 19.3 Å². The number of hydrogen-bond donors (Lipinski definition) is 1. The summed E-state index contributed by atoms with van der Waals surface area (Å²) in [5.41, 5.74) is 0. The van der Waals surface area contributed by atoms with Gasteiger partial charge in [0.2, 0.25) is 0 Å². The molecule has 1 N–H and O–H groups in total. The van der Waals surface area contributed by atoms with Crippen molar-refractivity contribution >= 4 is 17.9 Å². The van der Waals surface area contributed by atoms with Gasteiger partial charge in [0.25, 0.3) is 0 Å². The predicted octanol–water partition coefficient (Wildman–Crippen LogP) is 17.9. The molecule has 0 aromatic heterocycles. The smallest absolute Gasteiger partial charge is 0.362 e. The molecule has 8 nitrogen and oxygen atoms in total. The summed E-state index contributed by atoms with van der Waals surface area (Å²) in [6.07, 6.45) is 62.5. The minimum atomic E-state index is -0.872. The fraction of sp³-hybridized carbons (Fsp3) is 0.885. The fourth-order valence-corrected chi connectivity index (χ4v) is 9.20. The van der Waals surface area contributed by atoms with E-state index in [0.717, 1.165) is 38.5 Å². The highest BCUT2D eigenvalue weighted by Crippen LogP contribution is 2.17. The summed E-state index contributed by atoms with van der Waals surface area (Å²) in [4.78, 5) is 37.3. The number of unbranched alkanes of at least 4 members (excludes halogenated alkanes) is 37. The van der Waals surface area contributed by atoms with Crippen LogP contribution in [0.3, 0.4) is 0 Å². The zero-order chi connectivity index (χ0) is 50.6. The molecule has 2 unspecified atom stereocenters. The Morgan fingerprint density at radius 1 is 0.420 bits per heavy atom. The minimum Gasteiger partial charge on any atom is -0.477 e. The van der Waals surface area contributed by atoms with Crippen LogP contribution in [-0.4, -0.2) is 80.6 Å². The number of aliphatic carboxylic acids is 1. The van der Waals surface area contributed by atoms with Crippen molar-refractivity contribution in [2.75, 3.05) is 41.0 Å². The van der Waals surface area contributed by atoms with Crippen molar-refractivity contribution in [1.82, 2.24) is 0 Å². The summed E-state index contributed by atoms with van der Waals surface area (Å²) >= 11 is 0. The van der Waals surface area contributed by atoms with E-state index in [2.05, 4.69) is 38.2 Å². The lowest BCUT2D eigenvalue weighted by atomic mass is 10.0. The molecule has 0 aliphatic heterocycles. The Morgan fingerprint density at radius 2 is 0.725 bits per heavy atom. The summed E-state index contributed by atoms with van der Waals surface area (Å²) in [6.45, 7) is 4.79. The van der Waals surface area contributed by atoms with Gasteiger partial charge < -0.3 is 23.8 Å². The number of esters is 2. The van der Waals surface area contributed by atoms with Crippen molar-refractivity contribution in [2.24, 2.45) is 0 Å². The zero-order valence-electron chi connectivity index (χ0n) is 46.5. The van der Waals surface area contributed by atoms with Gasteiger partial charge in [-0.15, -0.1) is 0 Å². The number of ether oxygens (including phenoxy) is 3. The maximum Gasteiger partial charge on any atom is 0.362 e. The second-order valence-electron chi connectivity index (χ2n) is 21.6. The number of carboxylic acids is 1. The van der Waals surface area contributed by atoms with Gasteiger partial charge >= 0.3 is 17.9 Å². The molecule has 0 aromatic carbocycles. The van der Waals surface area contributed by atoms with Gasteiger partial charge in [-0.05, 0) is 64.2 Å². The van der Waals surface area contributed by atoms with E-state index in [1.54, 1.807) is 0 Å². The number of carbonyl (C=O) groups excluding carboxylic acids is 2. The quantitative estimate of drug-likeness (QED) is 0.0280. The van der Waals surface area contributed by atoms with Gasteiger partial charge in [0.15, 0.2) is 12.1 Å². The molecule has 2 atom stereocenters. The maximum absolute atomic E-state index is 12.8. The standard InChI is InChI=1S/C61H115NO7/c1-6-8-10-12-14-16-18-20-22-24-26-28-30-32-34-36-38-40-42-44-46-48-50-52-60(64)69-57(55-67-54-53-58(61(65)66)62(3,4)5)56-68-59(63)51-49-47-45-43-41-39-37-35-33-31-29-27-25-23-21-19-17-15-13-11-9-7-2/h31-34,57-58H,6-30,35-56H2,1-5H3/p+1/b33-31+,34-32+. The molecule has 0 bridgehead atoms. The Morgan fingerprint density at radius 3 is 1.04 bits per heavy atom. The Balaban J connectivity index is 4.14. The first kappa shape index (κ1) is 66.8. The first-order valence-corrected chi connectivity index (χ1v) is 29.9. The van der Waals surface area contributed by atoms with E-state index >= 15 is 0 Å². The molecule has 0 saturated heterocycles. The number of likely N-dealkylation sites (N-methyl/N-ethyl adjacent to an activating group) is 1. The van der Waals surface area contributed by atoms with Crippen LogP contribution >= 0.6 is 0 Å². The number of carboxylic acid groups (broad SMARTS) is 1. The number of rotatable bonds is 55. The van der Waals surface area contributed by atoms with Crippen LogP contribution in [-0.2, 0) is 28.6 Å². The molecular formula is C61H116NO7+. The Kier molecular flexibility index (Phi) is 50.5. The van der Waals surface area contributed by atoms with E-state index in [1.807, 2.05) is 21.1 Å². The number of carbonyl (C=O) groups is 3. The number of allylic oxidation sites excluding steroid dienone is 4. The van der Waals surface area contributed by atoms with E-state index in [4.69, 9.17) is 14.2 Å². The monoisotopic (exact) mass is 975 g/mol. The lowest BCUT2D eigenvalue weighted by Crippen LogP contribution is -2.50. The zero-order valence-corrected chi connectivity index (χ0v) is 46.5. The lowest BCUT2D eigenvalue weighted by Gasteiger charge is -2.31. The van der Waals surface area contributed by atoms with E-state index in [0.29, 0.717) is 19.3 Å². The minimum absolute atomic E-state index is 0.0510. The predicted molar refractivity (Wildman–Crippen MR) is 294 cm³/mol. The second kappa shape index (κ2) is 52.1. The highest BCUT2D eigenvalue weighted by molar-refractivity contribution is 5.72. The molecule has 8 heteroatoms. The molecule has 0 fully saturated rings. The van der Waals surface area contributed by atoms with E-state index in [9.17, 15) is 19.5 Å². The van der Waals surface area contributed by atoms with Gasteiger partial charge in [-0.1, -0.05) is 237 Å². The number of hydrogen-bond acceptors (Lipinski definition) is 6. The summed E-state index contributed by atoms with van der Waals surface area (Å²) in [5.74, 6) is -1.46. The SMILES string of the molecule is CCCCCCCCCCCCC/C=C/CCCCCCCCCC(=O)OCC(COCCC(C(=O)O)[N+](C)(C)C)OC(=O)CCCCCCCCC/C=C/CCCCCCCCCCCCCC. The molecular weight excluding hydrogens is 859 g/mol. The van der Waals surface area contributed by atoms with Gasteiger partial charge in [-0.25, -0.2) is 4.79 Å². The summed E-state index contributed by atoms with van der Waals surface area (Å²) in [7, 11) is 5.55. The Labute approximate surface area is 428 Å². The normalized spacial score (nSPS) is 12.9. The molecule has 0 rings (SSSR count). The molecule has 0 aromatic rings. The van der Waals surface area contributed by atoms with Crippen LogP contribution in [0.4, 0.5) is 0 Å². The summed E-state index contributed by atoms with van der Waals surface area (Å²) in [6, 6.07) is -0.615. The third-order valence-electron chi connectivity index (χ3n) is 13.8. The summed E-state index contributed by atoms with van der Waals surface area (Å²) < 4.78 is 17.4. The van der Waals surface area contributed by atoms with Crippen molar-refractivity contribution in [3.63, 3.8) is 0 Å². The average Bonchev–Trinajstić information content (AvgIpc) is 3.31. The molecule has 69 heavy (non-hydrogen) atoms. The van der Waals surface area contributed by atoms with Crippen LogP contribution < -0.4 is 0 Å². The molecule has 0 heterocycles. The van der Waals surface area contributed by atoms with Crippen LogP contribution in [0.2, 0.25) is 0 Å². The second-order valence-corrected chi connectivity index (χ2v) is 21.6. The van der Waals surface area contributed by atoms with Crippen LogP contribution in [0.25, 0.3) is 0 Å². The van der Waals surface area contributed by atoms with E-state index in [1.165, 1.54) is 225 Å². The molecule has 0 aliphatic rings. The topological polar surface area (TPSA) is 99.1 Å². The van der Waals surface area contributed by atoms with Crippen molar-refractivity contribution in [2.45, 2.75) is 309 Å². The third-order valence-corrected chi connectivity index (χ3v) is 13.8. The van der Waals surface area contributed by atoms with Crippen LogP contribution in [0.1, 0.15) is 296 Å². The fourth-order valence-electron chi connectivity index (χ4n) is 9.20. The van der Waals surface area contributed by atoms with Crippen molar-refractivity contribution in [3.05, 3.63) is 24.3 Å². The largest absolute Gasteiger partial charge is 0.477 e. The van der Waals surface area contributed by atoms with Crippen molar-refractivity contribution < 1.29 is 38.2 Å². The first-order chi connectivity index (χ1) is 33.6. The molecule has 0 amide bonds. The lowest BCUT2D eigenvalue weighted by molar-refractivity contribution is -0.887. The van der Waals surface area contributed by atoms with Crippen molar-refractivity contribution in [3.8, 4) is 0 Å². The van der Waals surface area contributed by atoms with Gasteiger partial charge in [0.05, 0.1) is 34.4 Å². The Hall–Kier alpha value is -2.19. The molecule has 0 aliphatic carbocycles. The van der Waals surface area contributed by atoms with Crippen LogP contribution in [0, 0.1) is 0 Å². The van der Waals surface area contributed by atoms with Gasteiger partial charge in [-0.3, -0.25) is 9.59 Å². The van der Waals surface area contributed by atoms with E-state index in [-0.39, 0.29) is 36.2 Å². The molecule has 406 valence electrons. The maximum atomic E-state index is 12.8. The first-order valence-electron chi connectivity index (χ1n) is 29.9. The molecule has 0 radical (unpaired) electrons.